The molecule has 0 aliphatic carbocycles. The molecule has 5 rings (SSSR count). The monoisotopic (exact) mass is 381 g/mol. The summed E-state index contributed by atoms with van der Waals surface area (Å²) in [6.07, 6.45) is 10.6. The van der Waals surface area contributed by atoms with Gasteiger partial charge in [-0.2, -0.15) is 5.10 Å². The molecule has 0 radical (unpaired) electrons. The predicted molar refractivity (Wildman–Crippen MR) is 101 cm³/mol. The van der Waals surface area contributed by atoms with Crippen LogP contribution in [0, 0.1) is 0 Å². The SMILES string of the molecule is Clc1cn2c(-c3nccc(N4CCNC(c5cn[nH]c5)C4)n3)cnc2cn1. The van der Waals surface area contributed by atoms with Crippen LogP contribution in [-0.4, -0.2) is 54.2 Å². The van der Waals surface area contributed by atoms with Crippen molar-refractivity contribution in [2.75, 3.05) is 24.5 Å². The van der Waals surface area contributed by atoms with E-state index in [-0.39, 0.29) is 6.04 Å². The molecular formula is C17H16ClN9. The summed E-state index contributed by atoms with van der Waals surface area (Å²) >= 11 is 6.03. The number of aromatic nitrogens is 7. The number of H-pyrrole nitrogens is 1. The van der Waals surface area contributed by atoms with E-state index >= 15 is 0 Å². The summed E-state index contributed by atoms with van der Waals surface area (Å²) in [5, 5.41) is 10.8. The van der Waals surface area contributed by atoms with Crippen LogP contribution in [0.3, 0.4) is 0 Å². The largest absolute Gasteiger partial charge is 0.353 e. The normalized spacial score (nSPS) is 17.5. The fourth-order valence-corrected chi connectivity index (χ4v) is 3.46. The molecule has 0 spiro atoms. The van der Waals surface area contributed by atoms with E-state index in [0.717, 1.165) is 36.7 Å². The molecule has 1 fully saturated rings. The molecule has 0 saturated carbocycles. The lowest BCUT2D eigenvalue weighted by atomic mass is 10.1. The number of piperazine rings is 1. The molecule has 4 aromatic heterocycles. The van der Waals surface area contributed by atoms with Crippen LogP contribution in [0.25, 0.3) is 17.2 Å². The number of nitrogens with one attached hydrogen (secondary N) is 2. The summed E-state index contributed by atoms with van der Waals surface area (Å²) in [4.78, 5) is 19.9. The molecule has 136 valence electrons. The molecule has 10 heteroatoms. The summed E-state index contributed by atoms with van der Waals surface area (Å²) in [6, 6.07) is 2.13. The Hall–Kier alpha value is -3.04. The minimum atomic E-state index is 0.205. The van der Waals surface area contributed by atoms with Crippen molar-refractivity contribution in [1.29, 1.82) is 0 Å². The van der Waals surface area contributed by atoms with Gasteiger partial charge in [0.05, 0.1) is 24.6 Å². The minimum absolute atomic E-state index is 0.205. The number of aromatic amines is 1. The fraction of sp³-hybridized carbons (Fsp3) is 0.235. The lowest BCUT2D eigenvalue weighted by molar-refractivity contribution is 0.469. The van der Waals surface area contributed by atoms with E-state index in [4.69, 9.17) is 16.6 Å². The summed E-state index contributed by atoms with van der Waals surface area (Å²) in [5.41, 5.74) is 2.61. The fourth-order valence-electron chi connectivity index (χ4n) is 3.31. The van der Waals surface area contributed by atoms with E-state index in [2.05, 4.69) is 35.4 Å². The first-order chi connectivity index (χ1) is 13.3. The van der Waals surface area contributed by atoms with E-state index in [9.17, 15) is 0 Å². The highest BCUT2D eigenvalue weighted by Crippen LogP contribution is 2.23. The summed E-state index contributed by atoms with van der Waals surface area (Å²) in [6.45, 7) is 2.54. The van der Waals surface area contributed by atoms with Crippen molar-refractivity contribution < 1.29 is 0 Å². The molecule has 0 amide bonds. The zero-order chi connectivity index (χ0) is 18.2. The van der Waals surface area contributed by atoms with Crippen LogP contribution in [0.4, 0.5) is 5.82 Å². The van der Waals surface area contributed by atoms with Crippen LogP contribution in [0.15, 0.2) is 43.2 Å². The van der Waals surface area contributed by atoms with E-state index in [1.54, 1.807) is 24.8 Å². The Morgan fingerprint density at radius 3 is 3.00 bits per heavy atom. The number of halogens is 1. The number of imidazole rings is 1. The number of anilines is 1. The van der Waals surface area contributed by atoms with Gasteiger partial charge in [0.2, 0.25) is 0 Å². The topological polar surface area (TPSA) is 99.9 Å². The molecule has 2 N–H and O–H groups in total. The van der Waals surface area contributed by atoms with Crippen LogP contribution in [-0.2, 0) is 0 Å². The van der Waals surface area contributed by atoms with Gasteiger partial charge in [0, 0.05) is 43.8 Å². The molecule has 9 nitrogen and oxygen atoms in total. The van der Waals surface area contributed by atoms with Gasteiger partial charge in [-0.15, -0.1) is 0 Å². The zero-order valence-corrected chi connectivity index (χ0v) is 15.0. The minimum Gasteiger partial charge on any atom is -0.353 e. The Labute approximate surface area is 159 Å². The van der Waals surface area contributed by atoms with Crippen LogP contribution in [0.2, 0.25) is 5.15 Å². The van der Waals surface area contributed by atoms with Crippen molar-refractivity contribution >= 4 is 23.1 Å². The van der Waals surface area contributed by atoms with Crippen molar-refractivity contribution in [3.8, 4) is 11.5 Å². The molecule has 1 atom stereocenters. The first-order valence-corrected chi connectivity index (χ1v) is 8.95. The van der Waals surface area contributed by atoms with Gasteiger partial charge in [-0.25, -0.2) is 19.9 Å². The van der Waals surface area contributed by atoms with Gasteiger partial charge < -0.3 is 10.2 Å². The molecule has 1 unspecified atom stereocenters. The van der Waals surface area contributed by atoms with Gasteiger partial charge in [-0.05, 0) is 6.07 Å². The van der Waals surface area contributed by atoms with Gasteiger partial charge >= 0.3 is 0 Å². The average Bonchev–Trinajstić information content (AvgIpc) is 3.38. The van der Waals surface area contributed by atoms with Crippen LogP contribution in [0.5, 0.6) is 0 Å². The van der Waals surface area contributed by atoms with Gasteiger partial charge in [0.25, 0.3) is 0 Å². The van der Waals surface area contributed by atoms with Gasteiger partial charge in [0.1, 0.15) is 16.7 Å². The third kappa shape index (κ3) is 3.00. The van der Waals surface area contributed by atoms with Gasteiger partial charge in [0.15, 0.2) is 11.5 Å². The lowest BCUT2D eigenvalue weighted by Crippen LogP contribution is -2.46. The number of rotatable bonds is 3. The molecule has 0 bridgehead atoms. The van der Waals surface area contributed by atoms with Gasteiger partial charge in [-0.1, -0.05) is 11.6 Å². The predicted octanol–water partition coefficient (Wildman–Crippen LogP) is 1.71. The molecule has 0 aromatic carbocycles. The van der Waals surface area contributed by atoms with Crippen LogP contribution < -0.4 is 10.2 Å². The Balaban J connectivity index is 1.47. The number of hydrogen-bond donors (Lipinski definition) is 2. The quantitative estimate of drug-likeness (QED) is 0.557. The maximum atomic E-state index is 6.03. The summed E-state index contributed by atoms with van der Waals surface area (Å²) in [5.74, 6) is 1.48. The third-order valence-electron chi connectivity index (χ3n) is 4.66. The maximum Gasteiger partial charge on any atom is 0.180 e. The Morgan fingerprint density at radius 1 is 1.15 bits per heavy atom. The first kappa shape index (κ1) is 16.2. The maximum absolute atomic E-state index is 6.03. The van der Waals surface area contributed by atoms with E-state index in [1.165, 1.54) is 0 Å². The summed E-state index contributed by atoms with van der Waals surface area (Å²) in [7, 11) is 0. The number of fused-ring (bicyclic) bond motifs is 1. The van der Waals surface area contributed by atoms with Crippen molar-refractivity contribution in [1.82, 2.24) is 39.9 Å². The van der Waals surface area contributed by atoms with E-state index in [1.807, 2.05) is 22.9 Å². The lowest BCUT2D eigenvalue weighted by Gasteiger charge is -2.34. The van der Waals surface area contributed by atoms with Crippen molar-refractivity contribution in [2.45, 2.75) is 6.04 Å². The Kier molecular flexibility index (Phi) is 3.95. The molecule has 27 heavy (non-hydrogen) atoms. The van der Waals surface area contributed by atoms with E-state index in [0.29, 0.717) is 16.6 Å². The number of nitrogens with zero attached hydrogens (tertiary/aromatic N) is 7. The Bertz CT molecular complexity index is 1080. The highest BCUT2D eigenvalue weighted by Gasteiger charge is 2.23. The van der Waals surface area contributed by atoms with Gasteiger partial charge in [-0.3, -0.25) is 9.50 Å². The first-order valence-electron chi connectivity index (χ1n) is 8.57. The molecule has 4 aromatic rings. The van der Waals surface area contributed by atoms with Crippen LogP contribution >= 0.6 is 11.6 Å². The summed E-state index contributed by atoms with van der Waals surface area (Å²) < 4.78 is 1.85. The highest BCUT2D eigenvalue weighted by molar-refractivity contribution is 6.29. The molecular weight excluding hydrogens is 366 g/mol. The van der Waals surface area contributed by atoms with Crippen molar-refractivity contribution in [3.05, 3.63) is 54.0 Å². The molecule has 1 saturated heterocycles. The second kappa shape index (κ2) is 6.60. The number of hydrogen-bond acceptors (Lipinski definition) is 7. The van der Waals surface area contributed by atoms with Crippen molar-refractivity contribution in [3.63, 3.8) is 0 Å². The second-order valence-electron chi connectivity index (χ2n) is 6.30. The third-order valence-corrected chi connectivity index (χ3v) is 4.85. The second-order valence-corrected chi connectivity index (χ2v) is 6.69. The zero-order valence-electron chi connectivity index (χ0n) is 14.2. The average molecular weight is 382 g/mol. The van der Waals surface area contributed by atoms with Crippen LogP contribution in [0.1, 0.15) is 11.6 Å². The highest BCUT2D eigenvalue weighted by atomic mass is 35.5. The molecule has 5 heterocycles. The molecule has 1 aliphatic rings. The van der Waals surface area contributed by atoms with Crippen molar-refractivity contribution in [2.24, 2.45) is 0 Å². The standard InChI is InChI=1S/C17H16ClN9/c18-14-10-27-13(7-22-16(27)8-21-14)17-20-2-1-15(25-17)26-4-3-19-12(9-26)11-5-23-24-6-11/h1-2,5-8,10,12,19H,3-4,9H2,(H,23,24). The molecule has 1 aliphatic heterocycles. The smallest absolute Gasteiger partial charge is 0.180 e. The Morgan fingerprint density at radius 2 is 2.11 bits per heavy atom. The van der Waals surface area contributed by atoms with E-state index < -0.39 is 0 Å².